The van der Waals surface area contributed by atoms with Crippen LogP contribution in [0, 0.1) is 30.6 Å². The summed E-state index contributed by atoms with van der Waals surface area (Å²) < 4.78 is 30.6. The van der Waals surface area contributed by atoms with Gasteiger partial charge < -0.3 is 54.0 Å². The molecule has 68 heavy (non-hydrogen) atoms. The number of carbonyl (C=O) groups is 2. The lowest BCUT2D eigenvalue weighted by Gasteiger charge is -2.38. The third-order valence-corrected chi connectivity index (χ3v) is 14.3. The fourth-order valence-electron chi connectivity index (χ4n) is 9.74. The van der Waals surface area contributed by atoms with Gasteiger partial charge in [-0.25, -0.2) is 4.98 Å². The van der Waals surface area contributed by atoms with Gasteiger partial charge in [0.05, 0.1) is 35.2 Å². The van der Waals surface area contributed by atoms with Gasteiger partial charge in [-0.3, -0.25) is 24.1 Å². The molecule has 0 saturated carbocycles. The van der Waals surface area contributed by atoms with E-state index in [0.29, 0.717) is 24.8 Å². The van der Waals surface area contributed by atoms with Crippen LogP contribution in [0.3, 0.4) is 0 Å². The number of anilines is 2. The first-order valence-electron chi connectivity index (χ1n) is 23.3. The molecule has 0 aliphatic carbocycles. The number of aliphatic hydroxyl groups excluding tert-OH is 3. The number of phenolic OH excluding ortho intramolecular Hbond substituents is 1. The predicted molar refractivity (Wildman–Crippen MR) is 259 cm³/mol. The van der Waals surface area contributed by atoms with E-state index >= 15 is 0 Å². The molecule has 3 aromatic carbocycles. The Morgan fingerprint density at radius 1 is 0.971 bits per heavy atom. The van der Waals surface area contributed by atoms with Crippen LogP contribution in [0.2, 0.25) is 0 Å². The SMILES string of the molecule is CC[C@@H](C)N1CCN(c2cc(=O)c3nc4c(oc3c2)c2c(=O)c3c(O)c(C)c5c(c34)=C(O)[C@@](C)(O/C=C/[C@H](OC)[C@@H](C)[C@@H](OC(C)=O)[C@H](C)[C@H](O)[C@H](C)[C@@H](O)[C@@H](C)/C=C/C=C(/C)C(=O)N2)O5)CC1. The number of hydrogen-bond acceptors (Lipinski definition) is 16. The third kappa shape index (κ3) is 9.04. The van der Waals surface area contributed by atoms with Crippen LogP contribution in [0.1, 0.15) is 74.3 Å². The molecule has 0 spiro atoms. The van der Waals surface area contributed by atoms with Crippen molar-refractivity contribution in [2.45, 2.75) is 112 Å². The lowest BCUT2D eigenvalue weighted by molar-refractivity contribution is -0.160. The molecular weight excluding hydrogens is 877 g/mol. The Hall–Kier alpha value is -6.01. The number of carbonyl (C=O) groups excluding carboxylic acids is 2. The maximum atomic E-state index is 14.9. The highest BCUT2D eigenvalue weighted by atomic mass is 16.7. The van der Waals surface area contributed by atoms with E-state index in [0.717, 1.165) is 19.5 Å². The van der Waals surface area contributed by atoms with Gasteiger partial charge in [0.1, 0.15) is 28.8 Å². The number of piperazine rings is 1. The number of nitrogens with zero attached hydrogens (tertiary/aromatic N) is 3. The topological polar surface area (TPSA) is 231 Å². The molecule has 4 heterocycles. The monoisotopic (exact) mass is 940 g/mol. The minimum absolute atomic E-state index is 0.0388. The molecule has 1 saturated heterocycles. The van der Waals surface area contributed by atoms with E-state index in [1.54, 1.807) is 45.9 Å². The second kappa shape index (κ2) is 19.5. The van der Waals surface area contributed by atoms with E-state index in [-0.39, 0.29) is 60.8 Å². The molecule has 7 rings (SSSR count). The van der Waals surface area contributed by atoms with E-state index in [1.165, 1.54) is 59.3 Å². The number of fused-ring (bicyclic) bond motifs is 5. The number of phenols is 1. The molecule has 1 amide bonds. The van der Waals surface area contributed by atoms with Crippen molar-refractivity contribution in [1.29, 1.82) is 0 Å². The summed E-state index contributed by atoms with van der Waals surface area (Å²) >= 11 is 0. The van der Waals surface area contributed by atoms with Crippen molar-refractivity contribution in [2.24, 2.45) is 23.7 Å². The summed E-state index contributed by atoms with van der Waals surface area (Å²) in [6, 6.07) is 3.57. The first kappa shape index (κ1) is 49.9. The number of nitrogens with one attached hydrogen (secondary N) is 1. The van der Waals surface area contributed by atoms with Crippen molar-refractivity contribution >= 4 is 62.0 Å². The molecule has 17 heteroatoms. The first-order chi connectivity index (χ1) is 32.1. The van der Waals surface area contributed by atoms with E-state index in [2.05, 4.69) is 29.0 Å². The lowest BCUT2D eigenvalue weighted by Crippen LogP contribution is -2.49. The fraction of sp³-hybridized carbons (Fsp3) is 0.510. The number of aromatic hydroxyl groups is 1. The maximum Gasteiger partial charge on any atom is 0.307 e. The number of benzene rings is 3. The number of methoxy groups -OCH3 is 1. The lowest BCUT2D eigenvalue weighted by atomic mass is 9.78. The van der Waals surface area contributed by atoms with Crippen molar-refractivity contribution < 1.29 is 53.4 Å². The van der Waals surface area contributed by atoms with Gasteiger partial charge in [0, 0.05) is 111 Å². The minimum atomic E-state index is -1.98. The second-order valence-corrected chi connectivity index (χ2v) is 18.8. The molecule has 366 valence electrons. The zero-order chi connectivity index (χ0) is 49.7. The van der Waals surface area contributed by atoms with Crippen LogP contribution in [0.5, 0.6) is 11.5 Å². The standard InChI is InChI=1S/C51H64N4O13/c1-12-26(4)54-17-19-55(20-18-54)32-22-33(57)39-35(23-32)67-48-40(52-39)36-37-44(60)30(8)47-38(36)49(62)51(10,68-47)65-21-16-34(64-11)27(5)46(66-31(9)56)29(7)43(59)28(6)42(58)24(2)14-13-15-25(3)50(63)53-41(48)45(37)61/h13-16,21-24,26-29,34,42-43,46,58-60,62H,12,17-20H2,1-11H3,(H,53,63)/b14-13+,21-16+,25-15-/t24-,26+,27+,28+,29+,34-,42-,43+,46+,51-/m0/s1. The smallest absolute Gasteiger partial charge is 0.307 e. The van der Waals surface area contributed by atoms with Crippen LogP contribution in [0.15, 0.2) is 62.3 Å². The molecule has 0 radical (unpaired) electrons. The second-order valence-electron chi connectivity index (χ2n) is 18.8. The van der Waals surface area contributed by atoms with Crippen LogP contribution >= 0.6 is 0 Å². The van der Waals surface area contributed by atoms with E-state index in [9.17, 15) is 39.6 Å². The summed E-state index contributed by atoms with van der Waals surface area (Å²) in [7, 11) is 1.45. The van der Waals surface area contributed by atoms with Crippen molar-refractivity contribution in [3.8, 4) is 11.5 Å². The van der Waals surface area contributed by atoms with Crippen LogP contribution in [-0.2, 0) is 23.8 Å². The summed E-state index contributed by atoms with van der Waals surface area (Å²) in [4.78, 5) is 64.7. The fourth-order valence-corrected chi connectivity index (χ4v) is 9.74. The van der Waals surface area contributed by atoms with E-state index < -0.39 is 88.1 Å². The average Bonchev–Trinajstić information content (AvgIpc) is 3.58. The number of hydrogen-bond donors (Lipinski definition) is 5. The van der Waals surface area contributed by atoms with Crippen LogP contribution in [0.25, 0.3) is 38.7 Å². The summed E-state index contributed by atoms with van der Waals surface area (Å²) in [5.74, 6) is -6.93. The molecule has 3 aliphatic heterocycles. The summed E-state index contributed by atoms with van der Waals surface area (Å²) in [6.45, 7) is 19.8. The predicted octanol–water partition coefficient (Wildman–Crippen LogP) is 5.48. The molecule has 5 N–H and O–H groups in total. The molecule has 10 atom stereocenters. The molecule has 5 bridgehead atoms. The zero-order valence-electron chi connectivity index (χ0n) is 40.6. The van der Waals surface area contributed by atoms with Gasteiger partial charge in [-0.05, 0) is 33.3 Å². The van der Waals surface area contributed by atoms with Crippen LogP contribution in [0.4, 0.5) is 11.4 Å². The number of amides is 1. The molecule has 4 aromatic rings. The number of rotatable bonds is 5. The zero-order valence-corrected chi connectivity index (χ0v) is 40.6. The molecule has 3 aliphatic rings. The Morgan fingerprint density at radius 3 is 2.31 bits per heavy atom. The van der Waals surface area contributed by atoms with Gasteiger partial charge in [0.2, 0.25) is 10.9 Å². The molecular formula is C51H64N4O13. The molecule has 0 unspecified atom stereocenters. The van der Waals surface area contributed by atoms with Crippen molar-refractivity contribution in [3.63, 3.8) is 0 Å². The number of ether oxygens (including phenoxy) is 4. The first-order valence-corrected chi connectivity index (χ1v) is 23.3. The Morgan fingerprint density at radius 2 is 1.66 bits per heavy atom. The third-order valence-electron chi connectivity index (χ3n) is 14.3. The normalized spacial score (nSPS) is 29.9. The number of aromatic nitrogens is 1. The largest absolute Gasteiger partial charge is 0.507 e. The van der Waals surface area contributed by atoms with Crippen molar-refractivity contribution in [3.05, 3.63) is 79.5 Å². The number of allylic oxidation sites excluding steroid dienone is 2. The Kier molecular flexibility index (Phi) is 14.3. The van der Waals surface area contributed by atoms with Crippen molar-refractivity contribution in [1.82, 2.24) is 9.88 Å². The summed E-state index contributed by atoms with van der Waals surface area (Å²) in [5.41, 5.74) is -1.35. The Bertz CT molecular complexity index is 2900. The molecule has 1 aromatic heterocycles. The minimum Gasteiger partial charge on any atom is -0.507 e. The highest BCUT2D eigenvalue weighted by molar-refractivity contribution is 6.16. The number of aliphatic hydroxyl groups is 3. The van der Waals surface area contributed by atoms with Gasteiger partial charge in [-0.15, -0.1) is 0 Å². The van der Waals surface area contributed by atoms with Crippen molar-refractivity contribution in [2.75, 3.05) is 43.5 Å². The molecule has 1 fully saturated rings. The quantitative estimate of drug-likeness (QED) is 0.0948. The van der Waals surface area contributed by atoms with Crippen LogP contribution < -0.4 is 31.0 Å². The average molecular weight is 941 g/mol. The maximum absolute atomic E-state index is 14.9. The summed E-state index contributed by atoms with van der Waals surface area (Å²) in [5, 5.41) is 49.3. The van der Waals surface area contributed by atoms with Gasteiger partial charge in [-0.2, -0.15) is 0 Å². The highest BCUT2D eigenvalue weighted by Gasteiger charge is 2.44. The van der Waals surface area contributed by atoms with E-state index in [4.69, 9.17) is 28.3 Å². The van der Waals surface area contributed by atoms with Gasteiger partial charge in [-0.1, -0.05) is 52.8 Å². The molecule has 17 nitrogen and oxygen atoms in total. The number of esters is 1. The van der Waals surface area contributed by atoms with Crippen LogP contribution in [-0.4, -0.2) is 112 Å². The summed E-state index contributed by atoms with van der Waals surface area (Å²) in [6.07, 6.45) is 4.58. The Balaban J connectivity index is 1.46. The highest BCUT2D eigenvalue weighted by Crippen LogP contribution is 2.42. The van der Waals surface area contributed by atoms with E-state index in [1.807, 2.05) is 0 Å². The van der Waals surface area contributed by atoms with Gasteiger partial charge in [0.15, 0.2) is 22.4 Å². The van der Waals surface area contributed by atoms with Gasteiger partial charge in [0.25, 0.3) is 5.91 Å². The Labute approximate surface area is 394 Å². The van der Waals surface area contributed by atoms with Gasteiger partial charge >= 0.3 is 11.8 Å².